The molecule has 0 radical (unpaired) electrons. The SMILES string of the molecule is Cc1cc(C(C)(C)C)c([O][Al]([CH3])[O]c2c(C(C)(C)C)cc(C)cc2C(C)(C)C)c(C(C)(C)C)c1. The Kier molecular flexibility index (Phi) is 8.10. The molecule has 0 saturated carbocycles. The normalized spacial score (nSPS) is 13.1. The molecule has 2 rings (SSSR count). The first-order valence-corrected chi connectivity index (χ1v) is 14.9. The summed E-state index contributed by atoms with van der Waals surface area (Å²) < 4.78 is 13.7. The minimum absolute atomic E-state index is 0.0214. The average Bonchev–Trinajstić information content (AvgIpc) is 2.60. The van der Waals surface area contributed by atoms with E-state index < -0.39 is 14.8 Å². The predicted octanol–water partition coefficient (Wildman–Crippen LogP) is 9.07. The maximum Gasteiger partial charge on any atom is 0.853 e. The van der Waals surface area contributed by atoms with Crippen LogP contribution in [-0.4, -0.2) is 14.8 Å². The van der Waals surface area contributed by atoms with Gasteiger partial charge in [-0.2, -0.15) is 0 Å². The second-order valence-corrected chi connectivity index (χ2v) is 15.8. The van der Waals surface area contributed by atoms with Crippen LogP contribution < -0.4 is 7.58 Å². The lowest BCUT2D eigenvalue weighted by molar-refractivity contribution is 0.393. The summed E-state index contributed by atoms with van der Waals surface area (Å²) >= 11 is -2.09. The summed E-state index contributed by atoms with van der Waals surface area (Å²) in [6.07, 6.45) is 0. The van der Waals surface area contributed by atoms with Crippen molar-refractivity contribution in [3.8, 4) is 11.5 Å². The van der Waals surface area contributed by atoms with Crippen molar-refractivity contribution in [2.24, 2.45) is 0 Å². The molecular formula is C31H49AlO2. The van der Waals surface area contributed by atoms with Crippen LogP contribution in [0.3, 0.4) is 0 Å². The molecule has 0 fully saturated rings. The summed E-state index contributed by atoms with van der Waals surface area (Å²) in [6.45, 7) is 31.6. The van der Waals surface area contributed by atoms with Crippen LogP contribution in [0.25, 0.3) is 0 Å². The fraction of sp³-hybridized carbons (Fsp3) is 0.613. The number of hydrogen-bond donors (Lipinski definition) is 0. The van der Waals surface area contributed by atoms with Crippen molar-refractivity contribution in [1.82, 2.24) is 0 Å². The minimum Gasteiger partial charge on any atom is -0.611 e. The van der Waals surface area contributed by atoms with E-state index >= 15 is 0 Å². The van der Waals surface area contributed by atoms with Gasteiger partial charge in [0.05, 0.1) is 11.5 Å². The van der Waals surface area contributed by atoms with Crippen molar-refractivity contribution in [2.75, 3.05) is 0 Å². The highest BCUT2D eigenvalue weighted by Gasteiger charge is 2.36. The van der Waals surface area contributed by atoms with Gasteiger partial charge in [0.2, 0.25) is 0 Å². The van der Waals surface area contributed by atoms with Gasteiger partial charge in [0, 0.05) is 0 Å². The third kappa shape index (κ3) is 6.83. The first-order chi connectivity index (χ1) is 15.1. The van der Waals surface area contributed by atoms with E-state index in [1.54, 1.807) is 0 Å². The minimum atomic E-state index is -2.09. The maximum absolute atomic E-state index is 6.87. The standard InChI is InChI=1S/2C15H24O.CH3.Al/c2*1-10-8-11(14(2,3)4)13(16)12(9-10)15(5,6)7;;/h2*8-9,16H,1-7H3;1H3;/q;;;+2/p-2. The zero-order chi connectivity index (χ0) is 26.4. The average molecular weight is 481 g/mol. The molecule has 2 aromatic carbocycles. The van der Waals surface area contributed by atoms with Gasteiger partial charge >= 0.3 is 14.8 Å². The zero-order valence-corrected chi connectivity index (χ0v) is 25.9. The van der Waals surface area contributed by atoms with E-state index in [0.717, 1.165) is 11.5 Å². The van der Waals surface area contributed by atoms with Crippen LogP contribution in [0, 0.1) is 13.8 Å². The second-order valence-electron chi connectivity index (χ2n) is 14.2. The monoisotopic (exact) mass is 480 g/mol. The molecule has 0 amide bonds. The van der Waals surface area contributed by atoms with Gasteiger partial charge in [0.15, 0.2) is 0 Å². The Balaban J connectivity index is 2.65. The van der Waals surface area contributed by atoms with Crippen molar-refractivity contribution in [3.05, 3.63) is 57.6 Å². The van der Waals surface area contributed by atoms with E-state index in [1.807, 2.05) is 0 Å². The van der Waals surface area contributed by atoms with Gasteiger partial charge in [-0.25, -0.2) is 0 Å². The molecule has 0 heterocycles. The van der Waals surface area contributed by atoms with Gasteiger partial charge in [-0.3, -0.25) is 0 Å². The smallest absolute Gasteiger partial charge is 0.611 e. The highest BCUT2D eigenvalue weighted by atomic mass is 27.2. The number of benzene rings is 2. The summed E-state index contributed by atoms with van der Waals surface area (Å²) in [5, 5.41) is 0. The van der Waals surface area contributed by atoms with Gasteiger partial charge in [0.25, 0.3) is 0 Å². The lowest BCUT2D eigenvalue weighted by Crippen LogP contribution is -2.32. The van der Waals surface area contributed by atoms with Crippen LogP contribution in [-0.2, 0) is 21.7 Å². The highest BCUT2D eigenvalue weighted by molar-refractivity contribution is 6.44. The molecule has 0 aliphatic carbocycles. The molecular weight excluding hydrogens is 431 g/mol. The first-order valence-electron chi connectivity index (χ1n) is 12.8. The zero-order valence-electron chi connectivity index (χ0n) is 24.7. The largest absolute Gasteiger partial charge is 0.853 e. The van der Waals surface area contributed by atoms with Gasteiger partial charge in [-0.05, 0) is 63.5 Å². The fourth-order valence-electron chi connectivity index (χ4n) is 4.38. The summed E-state index contributed by atoms with van der Waals surface area (Å²) in [7, 11) is 0. The quantitative estimate of drug-likeness (QED) is 0.406. The van der Waals surface area contributed by atoms with Gasteiger partial charge in [-0.1, -0.05) is 118 Å². The molecule has 2 aromatic rings. The Morgan fingerprint density at radius 3 is 0.853 bits per heavy atom. The molecule has 0 saturated heterocycles. The maximum atomic E-state index is 6.87. The van der Waals surface area contributed by atoms with Crippen LogP contribution >= 0.6 is 0 Å². The third-order valence-electron chi connectivity index (χ3n) is 6.27. The number of aryl methyl sites for hydroxylation is 2. The fourth-order valence-corrected chi connectivity index (χ4v) is 5.60. The molecule has 0 atom stereocenters. The van der Waals surface area contributed by atoms with Crippen molar-refractivity contribution in [3.63, 3.8) is 0 Å². The molecule has 0 aromatic heterocycles. The molecule has 188 valence electrons. The van der Waals surface area contributed by atoms with Crippen molar-refractivity contribution < 1.29 is 7.58 Å². The molecule has 34 heavy (non-hydrogen) atoms. The Labute approximate surface area is 215 Å². The lowest BCUT2D eigenvalue weighted by Gasteiger charge is -2.34. The number of rotatable bonds is 4. The van der Waals surface area contributed by atoms with E-state index in [0.29, 0.717) is 0 Å². The van der Waals surface area contributed by atoms with E-state index in [4.69, 9.17) is 7.58 Å². The molecule has 0 aliphatic rings. The third-order valence-corrected chi connectivity index (χ3v) is 7.40. The molecule has 3 heteroatoms. The van der Waals surface area contributed by atoms with Crippen LogP contribution in [0.15, 0.2) is 24.3 Å². The number of hydrogen-bond acceptors (Lipinski definition) is 2. The second kappa shape index (κ2) is 9.56. The molecule has 2 nitrogen and oxygen atoms in total. The summed E-state index contributed by atoms with van der Waals surface area (Å²) in [5.41, 5.74) is 7.51. The van der Waals surface area contributed by atoms with Crippen molar-refractivity contribution in [1.29, 1.82) is 0 Å². The van der Waals surface area contributed by atoms with E-state index in [-0.39, 0.29) is 21.7 Å². The molecule has 0 spiro atoms. The Morgan fingerprint density at radius 1 is 0.471 bits per heavy atom. The van der Waals surface area contributed by atoms with Crippen LogP contribution in [0.4, 0.5) is 0 Å². The van der Waals surface area contributed by atoms with Crippen molar-refractivity contribution >= 4 is 14.8 Å². The lowest BCUT2D eigenvalue weighted by atomic mass is 9.78. The highest BCUT2D eigenvalue weighted by Crippen LogP contribution is 2.43. The molecule has 0 bridgehead atoms. The van der Waals surface area contributed by atoms with Crippen LogP contribution in [0.1, 0.15) is 116 Å². The predicted molar refractivity (Wildman–Crippen MR) is 150 cm³/mol. The molecule has 0 unspecified atom stereocenters. The summed E-state index contributed by atoms with van der Waals surface area (Å²) in [6, 6.07) is 9.16. The Hall–Kier alpha value is -1.43. The summed E-state index contributed by atoms with van der Waals surface area (Å²) in [4.78, 5) is 0. The van der Waals surface area contributed by atoms with Gasteiger partial charge in [0.1, 0.15) is 0 Å². The van der Waals surface area contributed by atoms with E-state index in [2.05, 4.69) is 127 Å². The van der Waals surface area contributed by atoms with Crippen LogP contribution in [0.5, 0.6) is 11.5 Å². The van der Waals surface area contributed by atoms with E-state index in [9.17, 15) is 0 Å². The molecule has 0 N–H and O–H groups in total. The van der Waals surface area contributed by atoms with Crippen LogP contribution in [0.2, 0.25) is 5.79 Å². The Morgan fingerprint density at radius 2 is 0.676 bits per heavy atom. The first kappa shape index (κ1) is 28.8. The summed E-state index contributed by atoms with van der Waals surface area (Å²) in [5.74, 6) is 4.20. The Bertz CT molecular complexity index is 868. The van der Waals surface area contributed by atoms with Gasteiger partial charge < -0.3 is 7.58 Å². The van der Waals surface area contributed by atoms with Crippen molar-refractivity contribution in [2.45, 2.75) is 124 Å². The topological polar surface area (TPSA) is 18.5 Å². The van der Waals surface area contributed by atoms with Gasteiger partial charge in [-0.15, -0.1) is 0 Å². The molecule has 0 aliphatic heterocycles. The van der Waals surface area contributed by atoms with E-state index in [1.165, 1.54) is 33.4 Å².